The van der Waals surface area contributed by atoms with E-state index in [0.29, 0.717) is 34.2 Å². The molecule has 2 aromatic heterocycles. The lowest BCUT2D eigenvalue weighted by Crippen LogP contribution is -2.20. The molecule has 2 heterocycles. The third-order valence-electron chi connectivity index (χ3n) is 5.31. The fourth-order valence-corrected chi connectivity index (χ4v) is 3.50. The Morgan fingerprint density at radius 3 is 2.77 bits per heavy atom. The monoisotopic (exact) mass is 482 g/mol. The Labute approximate surface area is 200 Å². The van der Waals surface area contributed by atoms with Crippen LogP contribution in [0.25, 0.3) is 11.3 Å². The van der Waals surface area contributed by atoms with Crippen LogP contribution in [-0.2, 0) is 11.3 Å². The van der Waals surface area contributed by atoms with Crippen molar-refractivity contribution >= 4 is 29.0 Å². The molecule has 182 valence electrons. The number of benzene rings is 1. The maximum Gasteiger partial charge on any atom is 0.258 e. The van der Waals surface area contributed by atoms with Crippen LogP contribution >= 0.6 is 0 Å². The molecule has 0 bridgehead atoms. The van der Waals surface area contributed by atoms with Gasteiger partial charge in [-0.25, -0.2) is 13.8 Å². The molecule has 1 fully saturated rings. The molecule has 0 saturated heterocycles. The van der Waals surface area contributed by atoms with E-state index < -0.39 is 18.9 Å². The lowest BCUT2D eigenvalue weighted by molar-refractivity contribution is -0.117. The van der Waals surface area contributed by atoms with E-state index in [0.717, 1.165) is 17.5 Å². The standard InChI is InChI=1S/C24H24F2N6O3/c1-3-27-24(34)16-12-28-21(30-23(33)14-7-8-14)11-19(16)29-18-6-4-5-15(22(18)35-2)17-9-10-32(31-17)13-20(25)26/h3-6,9-12,14,20H,1,7-8,13H2,2H3,(H,27,34)(H2,28,29,30,33). The summed E-state index contributed by atoms with van der Waals surface area (Å²) in [6.45, 7) is 2.99. The average molecular weight is 482 g/mol. The van der Waals surface area contributed by atoms with Gasteiger partial charge in [0, 0.05) is 29.9 Å². The highest BCUT2D eigenvalue weighted by atomic mass is 19.3. The molecule has 0 radical (unpaired) electrons. The molecular formula is C24H24F2N6O3. The number of amides is 2. The second-order valence-corrected chi connectivity index (χ2v) is 7.88. The second-order valence-electron chi connectivity index (χ2n) is 7.88. The van der Waals surface area contributed by atoms with Gasteiger partial charge in [-0.15, -0.1) is 0 Å². The Hall–Kier alpha value is -4.28. The summed E-state index contributed by atoms with van der Waals surface area (Å²) in [7, 11) is 1.47. The fraction of sp³-hybridized carbons (Fsp3) is 0.250. The van der Waals surface area contributed by atoms with Crippen molar-refractivity contribution in [1.29, 1.82) is 0 Å². The van der Waals surface area contributed by atoms with E-state index >= 15 is 0 Å². The Morgan fingerprint density at radius 1 is 1.29 bits per heavy atom. The molecule has 3 aromatic rings. The molecule has 0 unspecified atom stereocenters. The molecule has 1 aromatic carbocycles. The molecule has 9 nitrogen and oxygen atoms in total. The van der Waals surface area contributed by atoms with Gasteiger partial charge < -0.3 is 20.7 Å². The van der Waals surface area contributed by atoms with Gasteiger partial charge in [-0.2, -0.15) is 5.10 Å². The maximum absolute atomic E-state index is 12.7. The van der Waals surface area contributed by atoms with Crippen LogP contribution in [0.15, 0.2) is 55.5 Å². The zero-order chi connectivity index (χ0) is 24.9. The minimum atomic E-state index is -2.53. The van der Waals surface area contributed by atoms with Crippen molar-refractivity contribution in [3.8, 4) is 17.0 Å². The zero-order valence-electron chi connectivity index (χ0n) is 18.9. The summed E-state index contributed by atoms with van der Waals surface area (Å²) in [6, 6.07) is 8.40. The molecule has 2 amide bonds. The lowest BCUT2D eigenvalue weighted by Gasteiger charge is -2.17. The average Bonchev–Trinajstić information content (AvgIpc) is 3.58. The van der Waals surface area contributed by atoms with Crippen LogP contribution in [0, 0.1) is 5.92 Å². The number of nitrogens with one attached hydrogen (secondary N) is 3. The van der Waals surface area contributed by atoms with Crippen molar-refractivity contribution in [1.82, 2.24) is 20.1 Å². The normalized spacial score (nSPS) is 12.8. The number of methoxy groups -OCH3 is 1. The minimum Gasteiger partial charge on any atom is -0.494 e. The number of rotatable bonds is 10. The number of carbonyl (C=O) groups excluding carboxylic acids is 2. The second kappa shape index (κ2) is 10.3. The predicted molar refractivity (Wildman–Crippen MR) is 127 cm³/mol. The zero-order valence-corrected chi connectivity index (χ0v) is 18.9. The third-order valence-corrected chi connectivity index (χ3v) is 5.31. The van der Waals surface area contributed by atoms with Crippen LogP contribution in [0.5, 0.6) is 5.75 Å². The van der Waals surface area contributed by atoms with Crippen molar-refractivity contribution in [2.75, 3.05) is 17.7 Å². The number of para-hydroxylation sites is 1. The summed E-state index contributed by atoms with van der Waals surface area (Å²) in [5.74, 6) is 0.103. The Morgan fingerprint density at radius 2 is 2.09 bits per heavy atom. The Kier molecular flexibility index (Phi) is 7.04. The molecule has 35 heavy (non-hydrogen) atoms. The van der Waals surface area contributed by atoms with Crippen LogP contribution < -0.4 is 20.7 Å². The lowest BCUT2D eigenvalue weighted by atomic mass is 10.1. The quantitative estimate of drug-likeness (QED) is 0.400. The summed E-state index contributed by atoms with van der Waals surface area (Å²) in [4.78, 5) is 29.0. The van der Waals surface area contributed by atoms with Gasteiger partial charge in [-0.3, -0.25) is 14.3 Å². The molecule has 0 spiro atoms. The summed E-state index contributed by atoms with van der Waals surface area (Å²) in [5, 5.41) is 12.7. The largest absolute Gasteiger partial charge is 0.494 e. The van der Waals surface area contributed by atoms with E-state index in [9.17, 15) is 18.4 Å². The number of carbonyl (C=O) groups is 2. The number of anilines is 3. The minimum absolute atomic E-state index is 0.0152. The van der Waals surface area contributed by atoms with Gasteiger partial charge in [-0.05, 0) is 37.2 Å². The number of aromatic nitrogens is 3. The number of halogens is 2. The Balaban J connectivity index is 1.69. The van der Waals surface area contributed by atoms with E-state index in [1.54, 1.807) is 30.3 Å². The van der Waals surface area contributed by atoms with E-state index in [1.807, 2.05) is 0 Å². The molecule has 0 atom stereocenters. The third kappa shape index (κ3) is 5.62. The van der Waals surface area contributed by atoms with Crippen LogP contribution in [-0.4, -0.2) is 40.1 Å². The van der Waals surface area contributed by atoms with Gasteiger partial charge >= 0.3 is 0 Å². The van der Waals surface area contributed by atoms with Crippen molar-refractivity contribution in [2.24, 2.45) is 5.92 Å². The topological polar surface area (TPSA) is 110 Å². The predicted octanol–water partition coefficient (Wildman–Crippen LogP) is 4.18. The molecule has 1 aliphatic rings. The van der Waals surface area contributed by atoms with Gasteiger partial charge in [0.25, 0.3) is 12.3 Å². The van der Waals surface area contributed by atoms with E-state index in [4.69, 9.17) is 4.74 Å². The van der Waals surface area contributed by atoms with Gasteiger partial charge in [0.1, 0.15) is 12.4 Å². The summed E-state index contributed by atoms with van der Waals surface area (Å²) < 4.78 is 32.2. The first kappa shape index (κ1) is 23.9. The van der Waals surface area contributed by atoms with Crippen LogP contribution in [0.1, 0.15) is 23.2 Å². The summed E-state index contributed by atoms with van der Waals surface area (Å²) in [5.41, 5.74) is 2.08. The molecular weight excluding hydrogens is 458 g/mol. The van der Waals surface area contributed by atoms with Gasteiger partial charge in [0.05, 0.1) is 29.7 Å². The molecule has 3 N–H and O–H groups in total. The van der Waals surface area contributed by atoms with E-state index in [1.165, 1.54) is 25.7 Å². The molecule has 1 saturated carbocycles. The van der Waals surface area contributed by atoms with Crippen molar-refractivity contribution in [3.63, 3.8) is 0 Å². The highest BCUT2D eigenvalue weighted by Gasteiger charge is 2.30. The van der Waals surface area contributed by atoms with Gasteiger partial charge in [0.2, 0.25) is 5.91 Å². The van der Waals surface area contributed by atoms with Crippen LogP contribution in [0.4, 0.5) is 26.0 Å². The highest BCUT2D eigenvalue weighted by molar-refractivity contribution is 6.02. The van der Waals surface area contributed by atoms with Crippen LogP contribution in [0.2, 0.25) is 0 Å². The van der Waals surface area contributed by atoms with Crippen LogP contribution in [0.3, 0.4) is 0 Å². The van der Waals surface area contributed by atoms with E-state index in [-0.39, 0.29) is 17.4 Å². The number of hydrogen-bond acceptors (Lipinski definition) is 6. The van der Waals surface area contributed by atoms with Gasteiger partial charge in [-0.1, -0.05) is 12.6 Å². The molecule has 4 rings (SSSR count). The van der Waals surface area contributed by atoms with Gasteiger partial charge in [0.15, 0.2) is 5.75 Å². The van der Waals surface area contributed by atoms with Crippen molar-refractivity contribution in [3.05, 3.63) is 61.1 Å². The van der Waals surface area contributed by atoms with Crippen molar-refractivity contribution < 1.29 is 23.1 Å². The fourth-order valence-electron chi connectivity index (χ4n) is 3.50. The molecule has 11 heteroatoms. The number of nitrogens with zero attached hydrogens (tertiary/aromatic N) is 3. The van der Waals surface area contributed by atoms with E-state index in [2.05, 4.69) is 32.6 Å². The number of pyridine rings is 1. The smallest absolute Gasteiger partial charge is 0.258 e. The first-order valence-electron chi connectivity index (χ1n) is 10.9. The first-order valence-corrected chi connectivity index (χ1v) is 10.9. The summed E-state index contributed by atoms with van der Waals surface area (Å²) >= 11 is 0. The first-order chi connectivity index (χ1) is 16.9. The number of alkyl halides is 2. The number of ether oxygens (including phenoxy) is 1. The highest BCUT2D eigenvalue weighted by Crippen LogP contribution is 2.38. The SMILES string of the molecule is C=CNC(=O)c1cnc(NC(=O)C2CC2)cc1Nc1cccc(-c2ccn(CC(F)F)n2)c1OC. The molecule has 0 aliphatic heterocycles. The number of hydrogen-bond donors (Lipinski definition) is 3. The van der Waals surface area contributed by atoms with Crippen molar-refractivity contribution in [2.45, 2.75) is 25.8 Å². The molecule has 1 aliphatic carbocycles. The maximum atomic E-state index is 12.7. The Bertz CT molecular complexity index is 1260. The summed E-state index contributed by atoms with van der Waals surface area (Å²) in [6.07, 6.45) is 3.23.